The molecule has 0 aromatic heterocycles. The van der Waals surface area contributed by atoms with E-state index < -0.39 is 5.60 Å². The van der Waals surface area contributed by atoms with E-state index >= 15 is 0 Å². The summed E-state index contributed by atoms with van der Waals surface area (Å²) >= 11 is 0. The Morgan fingerprint density at radius 2 is 1.29 bits per heavy atom. The van der Waals surface area contributed by atoms with Gasteiger partial charge in [-0.05, 0) is 87.1 Å². The second-order valence-corrected chi connectivity index (χ2v) is 11.8. The molecule has 1 saturated heterocycles. The third-order valence-corrected chi connectivity index (χ3v) is 7.87. The van der Waals surface area contributed by atoms with Crippen LogP contribution in [0.2, 0.25) is 0 Å². The molecule has 2 aromatic carbocycles. The van der Waals surface area contributed by atoms with Crippen LogP contribution in [0.4, 0.5) is 10.5 Å². The Morgan fingerprint density at radius 1 is 0.800 bits per heavy atom. The van der Waals surface area contributed by atoms with Crippen LogP contribution in [0.25, 0.3) is 0 Å². The maximum atomic E-state index is 12.9. The molecule has 1 atom stereocenters. The van der Waals surface area contributed by atoms with Crippen LogP contribution in [0, 0.1) is 0 Å². The fourth-order valence-electron chi connectivity index (χ4n) is 5.67. The lowest BCUT2D eigenvalue weighted by Gasteiger charge is -2.43. The first kappa shape index (κ1) is 24.1. The quantitative estimate of drug-likeness (QED) is 0.656. The SMILES string of the molecule is CC(C)(C)OC(=O)N1CCN(c2ccc(C3CC(N)C3)cc2)C(c2ccc(C3CC(N)C3)cc2)C1. The van der Waals surface area contributed by atoms with Crippen molar-refractivity contribution in [2.75, 3.05) is 24.5 Å². The third kappa shape index (κ3) is 5.34. The molecule has 4 N–H and O–H groups in total. The van der Waals surface area contributed by atoms with Crippen molar-refractivity contribution in [1.82, 2.24) is 4.90 Å². The number of nitrogens with zero attached hydrogens (tertiary/aromatic N) is 2. The minimum absolute atomic E-state index is 0.0666. The van der Waals surface area contributed by atoms with E-state index in [1.807, 2.05) is 25.7 Å². The smallest absolute Gasteiger partial charge is 0.410 e. The van der Waals surface area contributed by atoms with Gasteiger partial charge in [0.05, 0.1) is 6.04 Å². The Balaban J connectivity index is 1.36. The van der Waals surface area contributed by atoms with Crippen LogP contribution in [0.3, 0.4) is 0 Å². The molecule has 2 aliphatic carbocycles. The number of nitrogens with two attached hydrogens (primary N) is 2. The number of rotatable bonds is 4. The van der Waals surface area contributed by atoms with E-state index in [0.29, 0.717) is 37.0 Å². The highest BCUT2D eigenvalue weighted by Crippen LogP contribution is 2.39. The Bertz CT molecular complexity index is 1020. The van der Waals surface area contributed by atoms with Gasteiger partial charge in [0.25, 0.3) is 0 Å². The number of anilines is 1. The molecular formula is C29H40N4O2. The zero-order chi connectivity index (χ0) is 24.7. The molecule has 6 nitrogen and oxygen atoms in total. The second-order valence-electron chi connectivity index (χ2n) is 11.8. The molecule has 3 fully saturated rings. The van der Waals surface area contributed by atoms with Crippen molar-refractivity contribution in [3.8, 4) is 0 Å². The number of carbonyl (C=O) groups excluding carboxylic acids is 1. The van der Waals surface area contributed by atoms with Crippen molar-refractivity contribution in [2.24, 2.45) is 11.5 Å². The van der Waals surface area contributed by atoms with E-state index in [9.17, 15) is 4.79 Å². The summed E-state index contributed by atoms with van der Waals surface area (Å²) in [5.41, 5.74) is 16.7. The zero-order valence-electron chi connectivity index (χ0n) is 21.3. The van der Waals surface area contributed by atoms with Crippen LogP contribution < -0.4 is 16.4 Å². The fraction of sp³-hybridized carbons (Fsp3) is 0.552. The normalized spacial score (nSPS) is 28.8. The number of ether oxygens (including phenoxy) is 1. The molecule has 0 spiro atoms. The molecule has 1 heterocycles. The molecular weight excluding hydrogens is 436 g/mol. The summed E-state index contributed by atoms with van der Waals surface area (Å²) < 4.78 is 5.70. The molecule has 0 radical (unpaired) electrons. The van der Waals surface area contributed by atoms with Crippen LogP contribution in [0.15, 0.2) is 48.5 Å². The van der Waals surface area contributed by atoms with Gasteiger partial charge in [-0.2, -0.15) is 0 Å². The first-order valence-corrected chi connectivity index (χ1v) is 13.1. The molecule has 35 heavy (non-hydrogen) atoms. The first-order valence-electron chi connectivity index (χ1n) is 13.1. The number of hydrogen-bond acceptors (Lipinski definition) is 5. The minimum Gasteiger partial charge on any atom is -0.444 e. The molecule has 6 heteroatoms. The molecule has 0 bridgehead atoms. The minimum atomic E-state index is -0.505. The van der Waals surface area contributed by atoms with Crippen LogP contribution in [-0.4, -0.2) is 48.3 Å². The predicted molar refractivity (Wildman–Crippen MR) is 141 cm³/mol. The van der Waals surface area contributed by atoms with Crippen LogP contribution >= 0.6 is 0 Å². The molecule has 5 rings (SSSR count). The number of hydrogen-bond donors (Lipinski definition) is 2. The number of amides is 1. The fourth-order valence-corrected chi connectivity index (χ4v) is 5.67. The van der Waals surface area contributed by atoms with Crippen LogP contribution in [-0.2, 0) is 4.74 Å². The maximum absolute atomic E-state index is 12.9. The lowest BCUT2D eigenvalue weighted by atomic mass is 9.76. The summed E-state index contributed by atoms with van der Waals surface area (Å²) in [6, 6.07) is 18.7. The first-order chi connectivity index (χ1) is 16.7. The van der Waals surface area contributed by atoms with Gasteiger partial charge in [0.15, 0.2) is 0 Å². The van der Waals surface area contributed by atoms with Crippen LogP contribution in [0.5, 0.6) is 0 Å². The number of benzene rings is 2. The van der Waals surface area contributed by atoms with E-state index in [1.165, 1.54) is 22.4 Å². The van der Waals surface area contributed by atoms with Gasteiger partial charge >= 0.3 is 6.09 Å². The molecule has 188 valence electrons. The Labute approximate surface area is 209 Å². The summed E-state index contributed by atoms with van der Waals surface area (Å²) in [5, 5.41) is 0. The van der Waals surface area contributed by atoms with Crippen molar-refractivity contribution >= 4 is 11.8 Å². The standard InChI is InChI=1S/C29H40N4O2/c1-29(2,3)35-28(34)32-12-13-33(26-10-8-20(9-11-26)23-16-25(31)17-23)27(18-32)21-6-4-19(5-7-21)22-14-24(30)15-22/h4-11,22-25,27H,12-18,30-31H2,1-3H3. The Kier molecular flexibility index (Phi) is 6.53. The van der Waals surface area contributed by atoms with Gasteiger partial charge < -0.3 is 26.0 Å². The predicted octanol–water partition coefficient (Wildman–Crippen LogP) is 4.89. The lowest BCUT2D eigenvalue weighted by Crippen LogP contribution is -2.51. The number of carbonyl (C=O) groups is 1. The summed E-state index contributed by atoms with van der Waals surface area (Å²) in [6.07, 6.45) is 4.06. The van der Waals surface area contributed by atoms with Crippen LogP contribution in [0.1, 0.15) is 81.0 Å². The van der Waals surface area contributed by atoms with Crippen molar-refractivity contribution in [3.63, 3.8) is 0 Å². The maximum Gasteiger partial charge on any atom is 0.410 e. The topological polar surface area (TPSA) is 84.8 Å². The largest absolute Gasteiger partial charge is 0.444 e. The summed E-state index contributed by atoms with van der Waals surface area (Å²) in [4.78, 5) is 17.2. The van der Waals surface area contributed by atoms with Gasteiger partial charge in [0.2, 0.25) is 0 Å². The highest BCUT2D eigenvalue weighted by atomic mass is 16.6. The summed E-state index contributed by atoms with van der Waals surface area (Å²) in [6.45, 7) is 7.75. The second kappa shape index (κ2) is 9.47. The van der Waals surface area contributed by atoms with Crippen molar-refractivity contribution < 1.29 is 9.53 Å². The lowest BCUT2D eigenvalue weighted by molar-refractivity contribution is 0.0214. The molecule has 1 aliphatic heterocycles. The van der Waals surface area contributed by atoms with E-state index in [0.717, 1.165) is 32.2 Å². The number of piperazine rings is 1. The van der Waals surface area contributed by atoms with Crippen molar-refractivity contribution in [2.45, 2.75) is 82.0 Å². The van der Waals surface area contributed by atoms with Gasteiger partial charge in [-0.15, -0.1) is 0 Å². The van der Waals surface area contributed by atoms with E-state index in [2.05, 4.69) is 53.4 Å². The van der Waals surface area contributed by atoms with E-state index in [-0.39, 0.29) is 12.1 Å². The van der Waals surface area contributed by atoms with Crippen molar-refractivity contribution in [1.29, 1.82) is 0 Å². The Morgan fingerprint density at radius 3 is 1.77 bits per heavy atom. The zero-order valence-corrected chi connectivity index (χ0v) is 21.3. The Hall–Kier alpha value is -2.57. The third-order valence-electron chi connectivity index (χ3n) is 7.87. The molecule has 1 amide bonds. The van der Waals surface area contributed by atoms with Gasteiger partial charge in [0, 0.05) is 37.4 Å². The van der Waals surface area contributed by atoms with Gasteiger partial charge in [-0.1, -0.05) is 36.4 Å². The average Bonchev–Trinajstić information content (AvgIpc) is 2.79. The van der Waals surface area contributed by atoms with Gasteiger partial charge in [-0.3, -0.25) is 0 Å². The molecule has 2 saturated carbocycles. The van der Waals surface area contributed by atoms with E-state index in [4.69, 9.17) is 16.2 Å². The average molecular weight is 477 g/mol. The van der Waals surface area contributed by atoms with Gasteiger partial charge in [0.1, 0.15) is 5.60 Å². The summed E-state index contributed by atoms with van der Waals surface area (Å²) in [5.74, 6) is 1.16. The van der Waals surface area contributed by atoms with Crippen molar-refractivity contribution in [3.05, 3.63) is 65.2 Å². The monoisotopic (exact) mass is 476 g/mol. The molecule has 1 unspecified atom stereocenters. The molecule has 3 aliphatic rings. The summed E-state index contributed by atoms with van der Waals surface area (Å²) in [7, 11) is 0. The van der Waals surface area contributed by atoms with Gasteiger partial charge in [-0.25, -0.2) is 4.79 Å². The molecule has 2 aromatic rings. The van der Waals surface area contributed by atoms with E-state index in [1.54, 1.807) is 0 Å². The highest BCUT2D eigenvalue weighted by Gasteiger charge is 2.34. The highest BCUT2D eigenvalue weighted by molar-refractivity contribution is 5.69.